The molecule has 1 aliphatic carbocycles. The molecule has 1 fully saturated rings. The van der Waals surface area contributed by atoms with Crippen LogP contribution in [0.3, 0.4) is 0 Å². The molecule has 21 heavy (non-hydrogen) atoms. The third kappa shape index (κ3) is 2.21. The van der Waals surface area contributed by atoms with E-state index in [1.54, 1.807) is 0 Å². The van der Waals surface area contributed by atoms with E-state index in [4.69, 9.17) is 0 Å². The Morgan fingerprint density at radius 1 is 1.00 bits per heavy atom. The highest BCUT2D eigenvalue weighted by Crippen LogP contribution is 2.48. The van der Waals surface area contributed by atoms with Crippen LogP contribution in [-0.2, 0) is 10.2 Å². The molecule has 2 nitrogen and oxygen atoms in total. The normalized spacial score (nSPS) is 16.3. The second kappa shape index (κ2) is 5.28. The number of ketones is 2. The van der Waals surface area contributed by atoms with Crippen molar-refractivity contribution >= 4 is 11.6 Å². The number of hydrogen-bond acceptors (Lipinski definition) is 2. The Balaban J connectivity index is 2.16. The van der Waals surface area contributed by atoms with Gasteiger partial charge in [-0.3, -0.25) is 9.59 Å². The molecule has 0 heterocycles. The maximum absolute atomic E-state index is 12.2. The molecule has 2 heteroatoms. The van der Waals surface area contributed by atoms with Crippen LogP contribution in [0.4, 0.5) is 0 Å². The molecule has 0 spiro atoms. The zero-order valence-corrected chi connectivity index (χ0v) is 12.1. The first-order valence-corrected chi connectivity index (χ1v) is 7.37. The molecule has 0 amide bonds. The van der Waals surface area contributed by atoms with E-state index in [9.17, 15) is 9.59 Å². The second-order valence-electron chi connectivity index (χ2n) is 5.66. The molecule has 0 bridgehead atoms. The lowest BCUT2D eigenvalue weighted by atomic mass is 9.59. The monoisotopic (exact) mass is 278 g/mol. The van der Waals surface area contributed by atoms with Gasteiger partial charge in [0.15, 0.2) is 5.78 Å². The predicted octanol–water partition coefficient (Wildman–Crippen LogP) is 3.93. The lowest BCUT2D eigenvalue weighted by Crippen LogP contribution is -2.43. The molecule has 0 atom stereocenters. The second-order valence-corrected chi connectivity index (χ2v) is 5.66. The van der Waals surface area contributed by atoms with Crippen molar-refractivity contribution in [2.45, 2.75) is 31.6 Å². The van der Waals surface area contributed by atoms with Gasteiger partial charge in [-0.2, -0.15) is 0 Å². The molecule has 2 aromatic rings. The largest absolute Gasteiger partial charge is 0.300 e. The van der Waals surface area contributed by atoms with Gasteiger partial charge in [0.2, 0.25) is 0 Å². The van der Waals surface area contributed by atoms with E-state index in [1.807, 2.05) is 49.4 Å². The third-order valence-electron chi connectivity index (χ3n) is 4.39. The number of hydrogen-bond donors (Lipinski definition) is 0. The van der Waals surface area contributed by atoms with Gasteiger partial charge in [-0.05, 0) is 11.1 Å². The molecule has 0 aliphatic heterocycles. The van der Waals surface area contributed by atoms with Gasteiger partial charge in [0.25, 0.3) is 0 Å². The summed E-state index contributed by atoms with van der Waals surface area (Å²) in [4.78, 5) is 24.0. The van der Waals surface area contributed by atoms with Crippen LogP contribution in [0.5, 0.6) is 0 Å². The summed E-state index contributed by atoms with van der Waals surface area (Å²) in [7, 11) is 0. The van der Waals surface area contributed by atoms with Gasteiger partial charge in [-0.25, -0.2) is 0 Å². The fraction of sp³-hybridized carbons (Fsp3) is 0.263. The van der Waals surface area contributed by atoms with Crippen LogP contribution >= 0.6 is 0 Å². The Bertz CT molecular complexity index is 678. The van der Waals surface area contributed by atoms with E-state index < -0.39 is 0 Å². The lowest BCUT2D eigenvalue weighted by Gasteiger charge is -2.42. The number of carbonyl (C=O) groups excluding carboxylic acids is 2. The smallest absolute Gasteiger partial charge is 0.162 e. The molecule has 1 saturated carbocycles. The van der Waals surface area contributed by atoms with E-state index in [1.165, 1.54) is 0 Å². The van der Waals surface area contributed by atoms with Crippen LogP contribution in [0, 0.1) is 0 Å². The summed E-state index contributed by atoms with van der Waals surface area (Å²) in [6.07, 6.45) is 1.46. The Kier molecular flexibility index (Phi) is 3.46. The van der Waals surface area contributed by atoms with Crippen molar-refractivity contribution < 1.29 is 9.59 Å². The first-order chi connectivity index (χ1) is 10.2. The van der Waals surface area contributed by atoms with Crippen molar-refractivity contribution in [2.75, 3.05) is 0 Å². The summed E-state index contributed by atoms with van der Waals surface area (Å²) in [6.45, 7) is 1.88. The highest BCUT2D eigenvalue weighted by molar-refractivity contribution is 6.00. The Hall–Kier alpha value is -2.22. The van der Waals surface area contributed by atoms with E-state index in [2.05, 4.69) is 12.1 Å². The Morgan fingerprint density at radius 3 is 2.24 bits per heavy atom. The molecule has 0 N–H and O–H groups in total. The summed E-state index contributed by atoms with van der Waals surface area (Å²) >= 11 is 0. The van der Waals surface area contributed by atoms with Crippen molar-refractivity contribution in [3.63, 3.8) is 0 Å². The van der Waals surface area contributed by atoms with E-state index in [-0.39, 0.29) is 17.0 Å². The van der Waals surface area contributed by atoms with Crippen molar-refractivity contribution in [2.24, 2.45) is 0 Å². The quantitative estimate of drug-likeness (QED) is 0.794. The SMILES string of the molecule is CCC(=O)c1ccccc1C1(c2ccccc2)CC(=O)C1. The van der Waals surface area contributed by atoms with E-state index >= 15 is 0 Å². The lowest BCUT2D eigenvalue weighted by molar-refractivity contribution is -0.127. The van der Waals surface area contributed by atoms with Gasteiger partial charge in [-0.15, -0.1) is 0 Å². The number of carbonyl (C=O) groups is 2. The Morgan fingerprint density at radius 2 is 1.62 bits per heavy atom. The summed E-state index contributed by atoms with van der Waals surface area (Å²) < 4.78 is 0. The minimum absolute atomic E-state index is 0.139. The van der Waals surface area contributed by atoms with Crippen LogP contribution in [0.15, 0.2) is 54.6 Å². The molecular weight excluding hydrogens is 260 g/mol. The van der Waals surface area contributed by atoms with Crippen LogP contribution in [0.2, 0.25) is 0 Å². The zero-order valence-electron chi connectivity index (χ0n) is 12.1. The molecule has 0 saturated heterocycles. The average Bonchev–Trinajstić information content (AvgIpc) is 2.52. The summed E-state index contributed by atoms with van der Waals surface area (Å²) in [5.41, 5.74) is 2.57. The molecular formula is C19H18O2. The predicted molar refractivity (Wildman–Crippen MR) is 82.5 cm³/mol. The van der Waals surface area contributed by atoms with Gasteiger partial charge >= 0.3 is 0 Å². The maximum Gasteiger partial charge on any atom is 0.162 e. The van der Waals surface area contributed by atoms with Crippen molar-refractivity contribution in [3.05, 3.63) is 71.3 Å². The van der Waals surface area contributed by atoms with Crippen molar-refractivity contribution in [1.82, 2.24) is 0 Å². The van der Waals surface area contributed by atoms with E-state index in [0.29, 0.717) is 19.3 Å². The number of Topliss-reactive ketones (excluding diaryl/α,β-unsaturated/α-hetero) is 2. The fourth-order valence-electron chi connectivity index (χ4n) is 3.26. The zero-order chi connectivity index (χ0) is 14.9. The number of rotatable bonds is 4. The molecule has 3 rings (SSSR count). The topological polar surface area (TPSA) is 34.1 Å². The first-order valence-electron chi connectivity index (χ1n) is 7.37. The maximum atomic E-state index is 12.2. The van der Waals surface area contributed by atoms with Gasteiger partial charge < -0.3 is 0 Å². The highest BCUT2D eigenvalue weighted by atomic mass is 16.1. The molecule has 106 valence electrons. The van der Waals surface area contributed by atoms with Crippen LogP contribution in [0.25, 0.3) is 0 Å². The molecule has 0 radical (unpaired) electrons. The molecule has 1 aliphatic rings. The first kappa shape index (κ1) is 13.7. The van der Waals surface area contributed by atoms with Gasteiger partial charge in [-0.1, -0.05) is 61.5 Å². The minimum atomic E-state index is -0.320. The molecule has 2 aromatic carbocycles. The van der Waals surface area contributed by atoms with Crippen LogP contribution in [0.1, 0.15) is 47.7 Å². The van der Waals surface area contributed by atoms with Gasteiger partial charge in [0.1, 0.15) is 5.78 Å². The Labute approximate surface area is 124 Å². The summed E-state index contributed by atoms with van der Waals surface area (Å²) in [5.74, 6) is 0.401. The van der Waals surface area contributed by atoms with Crippen molar-refractivity contribution in [1.29, 1.82) is 0 Å². The fourth-order valence-corrected chi connectivity index (χ4v) is 3.26. The van der Waals surface area contributed by atoms with Gasteiger partial charge in [0, 0.05) is 30.2 Å². The van der Waals surface area contributed by atoms with E-state index in [0.717, 1.165) is 16.7 Å². The highest BCUT2D eigenvalue weighted by Gasteiger charge is 2.47. The summed E-state index contributed by atoms with van der Waals surface area (Å²) in [5, 5.41) is 0. The van der Waals surface area contributed by atoms with Crippen LogP contribution in [-0.4, -0.2) is 11.6 Å². The van der Waals surface area contributed by atoms with Crippen LogP contribution < -0.4 is 0 Å². The minimum Gasteiger partial charge on any atom is -0.300 e. The average molecular weight is 278 g/mol. The van der Waals surface area contributed by atoms with Gasteiger partial charge in [0.05, 0.1) is 0 Å². The third-order valence-corrected chi connectivity index (χ3v) is 4.39. The molecule has 0 unspecified atom stereocenters. The standard InChI is InChI=1S/C19H18O2/c1-2-18(21)16-10-6-7-11-17(16)19(12-15(20)13-19)14-8-4-3-5-9-14/h3-11H,2,12-13H2,1H3. The summed E-state index contributed by atoms with van der Waals surface area (Å²) in [6, 6.07) is 17.8. The van der Waals surface area contributed by atoms with Crippen molar-refractivity contribution in [3.8, 4) is 0 Å². The molecule has 0 aromatic heterocycles. The number of benzene rings is 2.